The van der Waals surface area contributed by atoms with Crippen molar-refractivity contribution >= 4 is 38.7 Å². The van der Waals surface area contributed by atoms with E-state index in [2.05, 4.69) is 26.2 Å². The van der Waals surface area contributed by atoms with Gasteiger partial charge < -0.3 is 9.88 Å². The van der Waals surface area contributed by atoms with Crippen molar-refractivity contribution in [3.8, 4) is 0 Å². The van der Waals surface area contributed by atoms with Crippen LogP contribution in [0.5, 0.6) is 0 Å². The van der Waals surface area contributed by atoms with Crippen molar-refractivity contribution in [3.05, 3.63) is 91.8 Å². The van der Waals surface area contributed by atoms with Gasteiger partial charge in [0.15, 0.2) is 11.2 Å². The molecule has 158 valence electrons. The molecule has 4 aromatic rings. The Morgan fingerprint density at radius 2 is 1.74 bits per heavy atom. The summed E-state index contributed by atoms with van der Waals surface area (Å²) in [7, 11) is 0. The minimum Gasteiger partial charge on any atom is -0.325 e. The van der Waals surface area contributed by atoms with Crippen LogP contribution in [-0.2, 0) is 24.4 Å². The number of halogens is 1. The summed E-state index contributed by atoms with van der Waals surface area (Å²) in [5, 5.41) is 2.74. The standard InChI is InChI=1S/C22H20BrN5O3/c1-2-26-14-24-20-19(26)21(30)28(13-18(29)25-17-11-7-6-10-16(17)23)22(31)27(20)12-15-8-4-3-5-9-15/h3-11,14H,2,12-13H2,1H3,(H,25,29). The van der Waals surface area contributed by atoms with Crippen LogP contribution in [0.15, 0.2) is 75.0 Å². The molecule has 1 amide bonds. The molecule has 0 atom stereocenters. The lowest BCUT2D eigenvalue weighted by Crippen LogP contribution is -2.43. The van der Waals surface area contributed by atoms with Crippen molar-refractivity contribution in [3.63, 3.8) is 0 Å². The zero-order valence-corrected chi connectivity index (χ0v) is 18.4. The molecule has 0 spiro atoms. The number of para-hydroxylation sites is 1. The number of carbonyl (C=O) groups is 1. The van der Waals surface area contributed by atoms with Crippen LogP contribution in [0.4, 0.5) is 5.69 Å². The van der Waals surface area contributed by atoms with Crippen LogP contribution in [0.3, 0.4) is 0 Å². The molecule has 0 fully saturated rings. The Balaban J connectivity index is 1.79. The van der Waals surface area contributed by atoms with E-state index in [1.165, 1.54) is 4.57 Å². The van der Waals surface area contributed by atoms with Gasteiger partial charge in [-0.05, 0) is 40.5 Å². The van der Waals surface area contributed by atoms with Gasteiger partial charge in [0.05, 0.1) is 18.6 Å². The van der Waals surface area contributed by atoms with Crippen molar-refractivity contribution in [2.45, 2.75) is 26.6 Å². The van der Waals surface area contributed by atoms with Gasteiger partial charge in [-0.25, -0.2) is 14.3 Å². The summed E-state index contributed by atoms with van der Waals surface area (Å²) in [6, 6.07) is 16.6. The summed E-state index contributed by atoms with van der Waals surface area (Å²) in [5.41, 5.74) is 0.940. The molecule has 1 N–H and O–H groups in total. The van der Waals surface area contributed by atoms with E-state index in [0.29, 0.717) is 27.9 Å². The van der Waals surface area contributed by atoms with E-state index in [0.717, 1.165) is 10.1 Å². The highest BCUT2D eigenvalue weighted by molar-refractivity contribution is 9.10. The maximum Gasteiger partial charge on any atom is 0.333 e. The molecule has 31 heavy (non-hydrogen) atoms. The lowest BCUT2D eigenvalue weighted by atomic mass is 10.2. The monoisotopic (exact) mass is 481 g/mol. The molecule has 0 aliphatic rings. The van der Waals surface area contributed by atoms with Gasteiger partial charge in [-0.15, -0.1) is 0 Å². The third-order valence-corrected chi connectivity index (χ3v) is 5.65. The number of hydrogen-bond donors (Lipinski definition) is 1. The van der Waals surface area contributed by atoms with Gasteiger partial charge in [0.25, 0.3) is 5.56 Å². The highest BCUT2D eigenvalue weighted by atomic mass is 79.9. The molecule has 2 aromatic heterocycles. The number of nitrogens with one attached hydrogen (secondary N) is 1. The van der Waals surface area contributed by atoms with Gasteiger partial charge in [-0.2, -0.15) is 0 Å². The molecule has 0 bridgehead atoms. The second-order valence-corrected chi connectivity index (χ2v) is 7.83. The number of rotatable bonds is 6. The van der Waals surface area contributed by atoms with Crippen LogP contribution < -0.4 is 16.6 Å². The Hall–Kier alpha value is -3.46. The lowest BCUT2D eigenvalue weighted by molar-refractivity contribution is -0.116. The number of aromatic nitrogens is 4. The summed E-state index contributed by atoms with van der Waals surface area (Å²) >= 11 is 3.37. The predicted molar refractivity (Wildman–Crippen MR) is 122 cm³/mol. The Morgan fingerprint density at radius 3 is 2.45 bits per heavy atom. The average Bonchev–Trinajstić information content (AvgIpc) is 3.21. The Morgan fingerprint density at radius 1 is 1.03 bits per heavy atom. The first-order valence-electron chi connectivity index (χ1n) is 9.76. The highest BCUT2D eigenvalue weighted by Crippen LogP contribution is 2.21. The second kappa shape index (κ2) is 8.73. The first-order chi connectivity index (χ1) is 15.0. The second-order valence-electron chi connectivity index (χ2n) is 6.98. The number of carbonyl (C=O) groups excluding carboxylic acids is 1. The first kappa shape index (κ1) is 20.8. The third-order valence-electron chi connectivity index (χ3n) is 4.96. The van der Waals surface area contributed by atoms with Gasteiger partial charge in [0.1, 0.15) is 6.54 Å². The molecule has 4 rings (SSSR count). The fourth-order valence-electron chi connectivity index (χ4n) is 3.42. The van der Waals surface area contributed by atoms with Crippen LogP contribution in [-0.4, -0.2) is 24.6 Å². The normalized spacial score (nSPS) is 11.0. The van der Waals surface area contributed by atoms with Crippen molar-refractivity contribution in [2.24, 2.45) is 0 Å². The van der Waals surface area contributed by atoms with E-state index in [9.17, 15) is 14.4 Å². The number of hydrogen-bond acceptors (Lipinski definition) is 4. The summed E-state index contributed by atoms with van der Waals surface area (Å²) < 4.78 is 4.78. The number of imidazole rings is 1. The number of amides is 1. The smallest absolute Gasteiger partial charge is 0.325 e. The fraction of sp³-hybridized carbons (Fsp3) is 0.182. The number of benzene rings is 2. The molecule has 0 aliphatic heterocycles. The van der Waals surface area contributed by atoms with Gasteiger partial charge in [0.2, 0.25) is 5.91 Å². The Labute approximate surface area is 185 Å². The first-order valence-corrected chi connectivity index (χ1v) is 10.6. The third kappa shape index (κ3) is 4.09. The maximum absolute atomic E-state index is 13.2. The quantitative estimate of drug-likeness (QED) is 0.458. The van der Waals surface area contributed by atoms with Crippen molar-refractivity contribution < 1.29 is 4.79 Å². The molecule has 0 aliphatic carbocycles. The van der Waals surface area contributed by atoms with Gasteiger partial charge in [0, 0.05) is 11.0 Å². The van der Waals surface area contributed by atoms with Crippen LogP contribution in [0.25, 0.3) is 11.2 Å². The van der Waals surface area contributed by atoms with Gasteiger partial charge in [-0.1, -0.05) is 42.5 Å². The van der Waals surface area contributed by atoms with Crippen LogP contribution in [0, 0.1) is 0 Å². The molecule has 0 radical (unpaired) electrons. The number of fused-ring (bicyclic) bond motifs is 1. The zero-order chi connectivity index (χ0) is 22.0. The topological polar surface area (TPSA) is 90.9 Å². The fourth-order valence-corrected chi connectivity index (χ4v) is 3.81. The molecule has 8 nitrogen and oxygen atoms in total. The molecular weight excluding hydrogens is 462 g/mol. The van der Waals surface area contributed by atoms with Crippen LogP contribution >= 0.6 is 15.9 Å². The van der Waals surface area contributed by atoms with Crippen LogP contribution in [0.2, 0.25) is 0 Å². The Bertz CT molecular complexity index is 1370. The summed E-state index contributed by atoms with van der Waals surface area (Å²) in [4.78, 5) is 43.4. The maximum atomic E-state index is 13.2. The molecule has 9 heteroatoms. The van der Waals surface area contributed by atoms with E-state index in [-0.39, 0.29) is 6.54 Å². The van der Waals surface area contributed by atoms with Gasteiger partial charge in [-0.3, -0.25) is 14.2 Å². The van der Waals surface area contributed by atoms with E-state index in [4.69, 9.17) is 0 Å². The number of nitrogens with zero attached hydrogens (tertiary/aromatic N) is 4. The number of anilines is 1. The van der Waals surface area contributed by atoms with Crippen molar-refractivity contribution in [1.29, 1.82) is 0 Å². The van der Waals surface area contributed by atoms with Crippen LogP contribution in [0.1, 0.15) is 12.5 Å². The molecule has 0 saturated carbocycles. The molecule has 2 aromatic carbocycles. The molecule has 0 unspecified atom stereocenters. The predicted octanol–water partition coefficient (Wildman–Crippen LogP) is 2.83. The largest absolute Gasteiger partial charge is 0.333 e. The lowest BCUT2D eigenvalue weighted by Gasteiger charge is -2.13. The van der Waals surface area contributed by atoms with Crippen molar-refractivity contribution in [1.82, 2.24) is 18.7 Å². The van der Waals surface area contributed by atoms with Crippen molar-refractivity contribution in [2.75, 3.05) is 5.32 Å². The summed E-state index contributed by atoms with van der Waals surface area (Å²) in [6.07, 6.45) is 1.54. The average molecular weight is 482 g/mol. The number of aryl methyl sites for hydroxylation is 1. The molecule has 2 heterocycles. The molecule has 0 saturated heterocycles. The summed E-state index contributed by atoms with van der Waals surface area (Å²) in [5.74, 6) is -0.473. The van der Waals surface area contributed by atoms with E-state index >= 15 is 0 Å². The van der Waals surface area contributed by atoms with E-state index in [1.54, 1.807) is 29.1 Å². The minimum atomic E-state index is -0.579. The Kier molecular flexibility index (Phi) is 5.85. The van der Waals surface area contributed by atoms with Gasteiger partial charge >= 0.3 is 5.69 Å². The van der Waals surface area contributed by atoms with E-state index in [1.807, 2.05) is 43.3 Å². The summed E-state index contributed by atoms with van der Waals surface area (Å²) in [6.45, 7) is 2.23. The molecular formula is C22H20BrN5O3. The minimum absolute atomic E-state index is 0.239. The van der Waals surface area contributed by atoms with E-state index < -0.39 is 23.7 Å². The zero-order valence-electron chi connectivity index (χ0n) is 16.8. The highest BCUT2D eigenvalue weighted by Gasteiger charge is 2.19. The SMILES string of the molecule is CCn1cnc2c1c(=O)n(CC(=O)Nc1ccccc1Br)c(=O)n2Cc1ccccc1.